The first-order valence-electron chi connectivity index (χ1n) is 15.4. The number of nitrogens with zero attached hydrogens (tertiary/aromatic N) is 5. The molecule has 0 aromatic heterocycles. The average Bonchev–Trinajstić information content (AvgIpc) is 2.98. The molecule has 4 aliphatic rings. The number of nitrogens with one attached hydrogen (secondary N) is 1. The van der Waals surface area contributed by atoms with Gasteiger partial charge >= 0.3 is 0 Å². The molecule has 3 heterocycles. The van der Waals surface area contributed by atoms with Crippen molar-refractivity contribution in [1.82, 2.24) is 15.1 Å². The van der Waals surface area contributed by atoms with Gasteiger partial charge in [0.25, 0.3) is 0 Å². The van der Waals surface area contributed by atoms with Crippen molar-refractivity contribution >= 4 is 29.7 Å². The van der Waals surface area contributed by atoms with Crippen LogP contribution in [-0.2, 0) is 4.79 Å². The predicted molar refractivity (Wildman–Crippen MR) is 165 cm³/mol. The van der Waals surface area contributed by atoms with E-state index in [-0.39, 0.29) is 35.0 Å². The van der Waals surface area contributed by atoms with E-state index in [0.29, 0.717) is 22.9 Å². The number of likely N-dealkylation sites (tertiary alicyclic amines) is 2. The van der Waals surface area contributed by atoms with Crippen LogP contribution >= 0.6 is 11.6 Å². The Labute approximate surface area is 255 Å². The molecule has 1 amide bonds. The number of halogens is 1. The number of aliphatic imine (C=N–C) groups is 2. The fraction of sp³-hybridized carbons (Fsp3) is 0.688. The number of carbonyl (C=O) groups is 1. The molecule has 1 aromatic carbocycles. The number of piperidine rings is 2. The molecular formula is C32H45ClN6O3. The van der Waals surface area contributed by atoms with E-state index in [1.807, 2.05) is 0 Å². The fourth-order valence-corrected chi connectivity index (χ4v) is 7.74. The first kappa shape index (κ1) is 30.8. The van der Waals surface area contributed by atoms with Gasteiger partial charge in [-0.15, -0.1) is 0 Å². The zero-order valence-corrected chi connectivity index (χ0v) is 26.1. The van der Waals surface area contributed by atoms with Crippen molar-refractivity contribution < 1.29 is 14.6 Å². The largest absolute Gasteiger partial charge is 0.489 e. The Kier molecular flexibility index (Phi) is 9.17. The van der Waals surface area contributed by atoms with E-state index in [4.69, 9.17) is 26.6 Å². The van der Waals surface area contributed by atoms with E-state index in [1.165, 1.54) is 6.42 Å². The third-order valence-corrected chi connectivity index (χ3v) is 10.2. The first-order valence-corrected chi connectivity index (χ1v) is 15.8. The van der Waals surface area contributed by atoms with Gasteiger partial charge in [0.2, 0.25) is 11.9 Å². The second-order valence-electron chi connectivity index (χ2n) is 13.7. The van der Waals surface area contributed by atoms with E-state index in [0.717, 1.165) is 70.3 Å². The summed E-state index contributed by atoms with van der Waals surface area (Å²) in [5.74, 6) is 1.63. The van der Waals surface area contributed by atoms with Crippen LogP contribution in [0.3, 0.4) is 0 Å². The maximum atomic E-state index is 13.3. The summed E-state index contributed by atoms with van der Waals surface area (Å²) >= 11 is 6.22. The number of benzene rings is 1. The van der Waals surface area contributed by atoms with Gasteiger partial charge in [0.15, 0.2) is 0 Å². The van der Waals surface area contributed by atoms with Gasteiger partial charge in [0, 0.05) is 55.3 Å². The van der Waals surface area contributed by atoms with E-state index >= 15 is 0 Å². The number of rotatable bonds is 7. The van der Waals surface area contributed by atoms with Gasteiger partial charge < -0.3 is 25.0 Å². The molecule has 1 aromatic rings. The van der Waals surface area contributed by atoms with Gasteiger partial charge in [0.05, 0.1) is 29.2 Å². The van der Waals surface area contributed by atoms with Crippen LogP contribution in [0.1, 0.15) is 65.4 Å². The van der Waals surface area contributed by atoms with Crippen molar-refractivity contribution in [2.45, 2.75) is 78.0 Å². The van der Waals surface area contributed by atoms with Gasteiger partial charge in [-0.25, -0.2) is 9.98 Å². The normalized spacial score (nSPS) is 28.0. The summed E-state index contributed by atoms with van der Waals surface area (Å²) < 4.78 is 6.35. The molecule has 3 aliphatic heterocycles. The number of ether oxygens (including phenoxy) is 1. The highest BCUT2D eigenvalue weighted by Gasteiger charge is 2.64. The Bertz CT molecular complexity index is 1230. The second-order valence-corrected chi connectivity index (χ2v) is 14.1. The lowest BCUT2D eigenvalue weighted by Gasteiger charge is -2.63. The van der Waals surface area contributed by atoms with Crippen molar-refractivity contribution in [3.05, 3.63) is 28.8 Å². The highest BCUT2D eigenvalue weighted by molar-refractivity contribution is 6.31. The molecule has 1 aliphatic carbocycles. The zero-order valence-electron chi connectivity index (χ0n) is 25.4. The number of nitriles is 1. The number of carbonyl (C=O) groups excluding carboxylic acids is 1. The van der Waals surface area contributed by atoms with E-state index in [2.05, 4.69) is 53.9 Å². The van der Waals surface area contributed by atoms with Crippen molar-refractivity contribution in [3.8, 4) is 11.8 Å². The number of guanidine groups is 1. The molecule has 5 rings (SSSR count). The van der Waals surface area contributed by atoms with Gasteiger partial charge in [-0.3, -0.25) is 4.79 Å². The topological polar surface area (TPSA) is 114 Å². The number of amides is 1. The van der Waals surface area contributed by atoms with E-state index in [9.17, 15) is 9.90 Å². The molecule has 1 unspecified atom stereocenters. The van der Waals surface area contributed by atoms with Gasteiger partial charge in [-0.2, -0.15) is 5.26 Å². The molecule has 0 spiro atoms. The summed E-state index contributed by atoms with van der Waals surface area (Å²) in [5.41, 5.74) is -0.226. The first-order chi connectivity index (χ1) is 20.0. The summed E-state index contributed by atoms with van der Waals surface area (Å²) in [5, 5.41) is 22.5. The van der Waals surface area contributed by atoms with Crippen LogP contribution in [0.25, 0.3) is 0 Å². The summed E-state index contributed by atoms with van der Waals surface area (Å²) in [6, 6.07) is 7.09. The maximum absolute atomic E-state index is 13.3. The monoisotopic (exact) mass is 596 g/mol. The highest BCUT2D eigenvalue weighted by atomic mass is 35.5. The summed E-state index contributed by atoms with van der Waals surface area (Å²) in [6.07, 6.45) is 6.78. The molecule has 0 radical (unpaired) electrons. The Morgan fingerprint density at radius 2 is 1.83 bits per heavy atom. The smallest absolute Gasteiger partial charge is 0.230 e. The number of aliphatic hydroxyl groups is 1. The third kappa shape index (κ3) is 6.46. The highest BCUT2D eigenvalue weighted by Crippen LogP contribution is 2.55. The zero-order chi connectivity index (χ0) is 30.1. The minimum atomic E-state index is -0.391. The van der Waals surface area contributed by atoms with Crippen molar-refractivity contribution in [3.63, 3.8) is 0 Å². The minimum Gasteiger partial charge on any atom is -0.489 e. The summed E-state index contributed by atoms with van der Waals surface area (Å²) in [7, 11) is 0. The lowest BCUT2D eigenvalue weighted by Crippen LogP contribution is -2.75. The molecule has 1 saturated carbocycles. The number of hydrogen-bond donors (Lipinski definition) is 2. The van der Waals surface area contributed by atoms with Crippen LogP contribution in [0.4, 0.5) is 0 Å². The van der Waals surface area contributed by atoms with Gasteiger partial charge in [0.1, 0.15) is 17.9 Å². The van der Waals surface area contributed by atoms with Crippen molar-refractivity contribution in [2.75, 3.05) is 39.3 Å². The molecular weight excluding hydrogens is 552 g/mol. The molecule has 9 nitrogen and oxygen atoms in total. The second kappa shape index (κ2) is 12.5. The Hall–Kier alpha value is -2.67. The van der Waals surface area contributed by atoms with E-state index in [1.54, 1.807) is 24.4 Å². The SMILES string of the molecule is CC1(C)C(NC(=O)C2C=NC(N3CCC(CCN4CCC(O)CC4)CC3)=NC2)C(C)(C)C1Oc1ccc(C#N)c(Cl)c1. The molecule has 1 atom stereocenters. The molecule has 2 saturated heterocycles. The third-order valence-electron chi connectivity index (χ3n) is 9.89. The Balaban J connectivity index is 1.08. The Morgan fingerprint density at radius 3 is 2.43 bits per heavy atom. The maximum Gasteiger partial charge on any atom is 0.230 e. The Morgan fingerprint density at radius 1 is 1.14 bits per heavy atom. The van der Waals surface area contributed by atoms with Crippen LogP contribution in [0.15, 0.2) is 28.2 Å². The number of aliphatic hydroxyl groups excluding tert-OH is 1. The van der Waals surface area contributed by atoms with Crippen LogP contribution in [0.5, 0.6) is 5.75 Å². The molecule has 3 fully saturated rings. The molecule has 42 heavy (non-hydrogen) atoms. The standard InChI is InChI=1S/C32H45ClN6O3/c1-31(2)28(32(3,4)29(31)42-25-6-5-22(18-34)26(33)17-25)37-27(41)23-19-35-30(36-20-23)39-15-8-21(9-16-39)7-12-38-13-10-24(40)11-14-38/h5-6,17,19,21,23-24,28-29,40H,7-16,20H2,1-4H3,(H,37,41). The van der Waals surface area contributed by atoms with Crippen LogP contribution in [0.2, 0.25) is 5.02 Å². The molecule has 228 valence electrons. The van der Waals surface area contributed by atoms with Crippen LogP contribution in [0, 0.1) is 34.0 Å². The quantitative estimate of drug-likeness (QED) is 0.489. The summed E-state index contributed by atoms with van der Waals surface area (Å²) in [6.45, 7) is 13.9. The molecule has 2 N–H and O–H groups in total. The van der Waals surface area contributed by atoms with Crippen molar-refractivity contribution in [2.24, 2.45) is 32.7 Å². The number of hydrogen-bond acceptors (Lipinski definition) is 8. The predicted octanol–water partition coefficient (Wildman–Crippen LogP) is 4.13. The molecule has 10 heteroatoms. The lowest BCUT2D eigenvalue weighted by molar-refractivity contribution is -0.173. The van der Waals surface area contributed by atoms with Gasteiger partial charge in [-0.1, -0.05) is 39.3 Å². The fourth-order valence-electron chi connectivity index (χ4n) is 7.53. The average molecular weight is 597 g/mol. The lowest BCUT2D eigenvalue weighted by atomic mass is 9.49. The van der Waals surface area contributed by atoms with E-state index < -0.39 is 5.92 Å². The van der Waals surface area contributed by atoms with Crippen molar-refractivity contribution in [1.29, 1.82) is 5.26 Å². The summed E-state index contributed by atoms with van der Waals surface area (Å²) in [4.78, 5) is 27.4. The van der Waals surface area contributed by atoms with Gasteiger partial charge in [-0.05, 0) is 56.7 Å². The van der Waals surface area contributed by atoms with Crippen LogP contribution in [-0.4, -0.2) is 90.5 Å². The van der Waals surface area contributed by atoms with Crippen LogP contribution < -0.4 is 10.1 Å². The minimum absolute atomic E-state index is 0.0588. The molecule has 0 bridgehead atoms.